The van der Waals surface area contributed by atoms with Gasteiger partial charge < -0.3 is 4.90 Å². The third kappa shape index (κ3) is 5.30. The SMILES string of the molecule is CN(C)S(=O)(=O)NCCN(c1ccc(N2CCCC2)cc1)S(C)(=O)=O. The van der Waals surface area contributed by atoms with Crippen molar-refractivity contribution in [3.8, 4) is 0 Å². The molecule has 0 amide bonds. The van der Waals surface area contributed by atoms with E-state index in [1.165, 1.54) is 31.2 Å². The fourth-order valence-electron chi connectivity index (χ4n) is 2.70. The van der Waals surface area contributed by atoms with Crippen LogP contribution in [0.5, 0.6) is 0 Å². The molecule has 0 aromatic heterocycles. The molecule has 2 rings (SSSR count). The van der Waals surface area contributed by atoms with Crippen molar-refractivity contribution in [1.82, 2.24) is 9.03 Å². The maximum atomic E-state index is 12.1. The minimum atomic E-state index is -3.58. The summed E-state index contributed by atoms with van der Waals surface area (Å²) in [6.07, 6.45) is 3.45. The van der Waals surface area contributed by atoms with Crippen LogP contribution >= 0.6 is 0 Å². The van der Waals surface area contributed by atoms with Crippen LogP contribution < -0.4 is 13.9 Å². The molecule has 0 unspecified atom stereocenters. The Balaban J connectivity index is 2.10. The van der Waals surface area contributed by atoms with E-state index in [2.05, 4.69) is 9.62 Å². The van der Waals surface area contributed by atoms with Crippen LogP contribution in [-0.4, -0.2) is 67.7 Å². The van der Waals surface area contributed by atoms with Crippen LogP contribution in [0.2, 0.25) is 0 Å². The highest BCUT2D eigenvalue weighted by molar-refractivity contribution is 7.92. The average Bonchev–Trinajstić information content (AvgIpc) is 3.05. The Kier molecular flexibility index (Phi) is 6.30. The van der Waals surface area contributed by atoms with Crippen LogP contribution in [-0.2, 0) is 20.2 Å². The predicted molar refractivity (Wildman–Crippen MR) is 101 cm³/mol. The fourth-order valence-corrected chi connectivity index (χ4v) is 4.23. The highest BCUT2D eigenvalue weighted by Crippen LogP contribution is 2.24. The molecule has 1 aliphatic heterocycles. The van der Waals surface area contributed by atoms with E-state index in [4.69, 9.17) is 0 Å². The molecule has 8 nitrogen and oxygen atoms in total. The molecule has 0 radical (unpaired) electrons. The fraction of sp³-hybridized carbons (Fsp3) is 0.600. The predicted octanol–water partition coefficient (Wildman–Crippen LogP) is 0.449. The molecule has 1 saturated heterocycles. The van der Waals surface area contributed by atoms with Gasteiger partial charge >= 0.3 is 0 Å². The number of hydrogen-bond acceptors (Lipinski definition) is 5. The number of nitrogens with zero attached hydrogens (tertiary/aromatic N) is 3. The largest absolute Gasteiger partial charge is 0.372 e. The average molecular weight is 391 g/mol. The first-order valence-corrected chi connectivity index (χ1v) is 11.4. The summed E-state index contributed by atoms with van der Waals surface area (Å²) in [6.45, 7) is 2.04. The zero-order valence-corrected chi connectivity index (χ0v) is 16.5. The van der Waals surface area contributed by atoms with Crippen molar-refractivity contribution in [1.29, 1.82) is 0 Å². The van der Waals surface area contributed by atoms with Gasteiger partial charge in [0.25, 0.3) is 10.2 Å². The molecule has 142 valence electrons. The van der Waals surface area contributed by atoms with E-state index >= 15 is 0 Å². The van der Waals surface area contributed by atoms with Gasteiger partial charge in [-0.3, -0.25) is 4.31 Å². The summed E-state index contributed by atoms with van der Waals surface area (Å²) in [7, 11) is -4.28. The van der Waals surface area contributed by atoms with E-state index in [1.807, 2.05) is 12.1 Å². The van der Waals surface area contributed by atoms with Gasteiger partial charge in [0.2, 0.25) is 10.0 Å². The van der Waals surface area contributed by atoms with Gasteiger partial charge in [0, 0.05) is 46.0 Å². The van der Waals surface area contributed by atoms with Crippen LogP contribution in [0.4, 0.5) is 11.4 Å². The lowest BCUT2D eigenvalue weighted by Gasteiger charge is -2.24. The molecular formula is C15H26N4O4S2. The summed E-state index contributed by atoms with van der Waals surface area (Å²) in [5.41, 5.74) is 1.59. The number of sulfonamides is 1. The van der Waals surface area contributed by atoms with Gasteiger partial charge in [-0.25, -0.2) is 13.1 Å². The highest BCUT2D eigenvalue weighted by atomic mass is 32.2. The molecule has 25 heavy (non-hydrogen) atoms. The van der Waals surface area contributed by atoms with Gasteiger partial charge in [0.05, 0.1) is 11.9 Å². The Morgan fingerprint density at radius 2 is 1.60 bits per heavy atom. The normalized spacial score (nSPS) is 15.8. The maximum absolute atomic E-state index is 12.1. The topological polar surface area (TPSA) is 90.0 Å². The number of benzene rings is 1. The van der Waals surface area contributed by atoms with Gasteiger partial charge in [-0.2, -0.15) is 12.7 Å². The maximum Gasteiger partial charge on any atom is 0.278 e. The molecule has 0 saturated carbocycles. The van der Waals surface area contributed by atoms with E-state index in [0.29, 0.717) is 5.69 Å². The summed E-state index contributed by atoms with van der Waals surface area (Å²) in [5.74, 6) is 0. The first-order chi connectivity index (χ1) is 11.6. The second-order valence-corrected chi connectivity index (χ2v) is 10.1. The second kappa shape index (κ2) is 7.90. The minimum absolute atomic E-state index is 0.0124. The second-order valence-electron chi connectivity index (χ2n) is 6.23. The quantitative estimate of drug-likeness (QED) is 0.696. The first-order valence-electron chi connectivity index (χ1n) is 8.11. The first kappa shape index (κ1) is 20.0. The molecule has 1 N–H and O–H groups in total. The number of nitrogens with one attached hydrogen (secondary N) is 1. The van der Waals surface area contributed by atoms with E-state index in [-0.39, 0.29) is 13.1 Å². The van der Waals surface area contributed by atoms with Crippen molar-refractivity contribution in [2.75, 3.05) is 55.7 Å². The van der Waals surface area contributed by atoms with E-state index in [9.17, 15) is 16.8 Å². The van der Waals surface area contributed by atoms with Gasteiger partial charge in [-0.1, -0.05) is 0 Å². The van der Waals surface area contributed by atoms with Gasteiger partial charge in [-0.05, 0) is 37.1 Å². The van der Waals surface area contributed by atoms with Crippen LogP contribution in [0.15, 0.2) is 24.3 Å². The van der Waals surface area contributed by atoms with Crippen LogP contribution in [0.25, 0.3) is 0 Å². The molecule has 1 aromatic carbocycles. The van der Waals surface area contributed by atoms with Crippen molar-refractivity contribution in [2.24, 2.45) is 0 Å². The molecule has 1 aromatic rings. The van der Waals surface area contributed by atoms with E-state index in [1.54, 1.807) is 12.1 Å². The lowest BCUT2D eigenvalue weighted by Crippen LogP contribution is -2.42. The summed E-state index contributed by atoms with van der Waals surface area (Å²) in [6, 6.07) is 7.33. The third-order valence-corrected chi connectivity index (χ3v) is 6.81. The zero-order chi connectivity index (χ0) is 18.7. The number of rotatable bonds is 8. The molecule has 0 bridgehead atoms. The summed E-state index contributed by atoms with van der Waals surface area (Å²) in [4.78, 5) is 2.26. The molecule has 10 heteroatoms. The molecule has 0 spiro atoms. The third-order valence-electron chi connectivity index (χ3n) is 4.09. The Morgan fingerprint density at radius 3 is 2.08 bits per heavy atom. The van der Waals surface area contributed by atoms with Gasteiger partial charge in [0.15, 0.2) is 0 Å². The van der Waals surface area contributed by atoms with E-state index in [0.717, 1.165) is 29.3 Å². The zero-order valence-electron chi connectivity index (χ0n) is 14.8. The summed E-state index contributed by atoms with van der Waals surface area (Å²) in [5, 5.41) is 0. The van der Waals surface area contributed by atoms with E-state index < -0.39 is 20.2 Å². The Hall–Kier alpha value is -1.36. The molecule has 1 heterocycles. The smallest absolute Gasteiger partial charge is 0.278 e. The van der Waals surface area contributed by atoms with Crippen molar-refractivity contribution in [2.45, 2.75) is 12.8 Å². The Labute approximate surface area is 150 Å². The standard InChI is InChI=1S/C15H26N4O4S2/c1-17(2)25(22,23)16-10-13-19(24(3,20)21)15-8-6-14(7-9-15)18-11-4-5-12-18/h6-9,16H,4-5,10-13H2,1-3H3. The Morgan fingerprint density at radius 1 is 1.04 bits per heavy atom. The lowest BCUT2D eigenvalue weighted by atomic mass is 10.2. The van der Waals surface area contributed by atoms with Crippen molar-refractivity contribution in [3.63, 3.8) is 0 Å². The number of anilines is 2. The van der Waals surface area contributed by atoms with Crippen molar-refractivity contribution < 1.29 is 16.8 Å². The molecular weight excluding hydrogens is 364 g/mol. The van der Waals surface area contributed by atoms with Crippen LogP contribution in [0.1, 0.15) is 12.8 Å². The van der Waals surface area contributed by atoms with Crippen molar-refractivity contribution in [3.05, 3.63) is 24.3 Å². The van der Waals surface area contributed by atoms with Gasteiger partial charge in [0.1, 0.15) is 0 Å². The molecule has 1 fully saturated rings. The highest BCUT2D eigenvalue weighted by Gasteiger charge is 2.20. The van der Waals surface area contributed by atoms with Crippen LogP contribution in [0.3, 0.4) is 0 Å². The molecule has 0 atom stereocenters. The Bertz CT molecular complexity index is 770. The summed E-state index contributed by atoms with van der Waals surface area (Å²) < 4.78 is 52.3. The minimum Gasteiger partial charge on any atom is -0.372 e. The molecule has 0 aliphatic carbocycles. The summed E-state index contributed by atoms with van der Waals surface area (Å²) >= 11 is 0. The molecule has 1 aliphatic rings. The monoisotopic (exact) mass is 390 g/mol. The van der Waals surface area contributed by atoms with Crippen molar-refractivity contribution >= 4 is 31.6 Å². The number of hydrogen-bond donors (Lipinski definition) is 1. The lowest BCUT2D eigenvalue weighted by molar-refractivity contribution is 0.506. The van der Waals surface area contributed by atoms with Gasteiger partial charge in [-0.15, -0.1) is 0 Å². The van der Waals surface area contributed by atoms with Crippen LogP contribution in [0, 0.1) is 0 Å².